The van der Waals surface area contributed by atoms with Gasteiger partial charge in [0.05, 0.1) is 29.4 Å². The molecular formula is C18H34N5O6S+. The van der Waals surface area contributed by atoms with Crippen molar-refractivity contribution in [2.75, 3.05) is 19.8 Å². The Balaban J connectivity index is 1.95. The molecule has 3 N–H and O–H groups in total. The third-order valence-corrected chi connectivity index (χ3v) is 5.77. The van der Waals surface area contributed by atoms with Crippen LogP contribution in [0.4, 0.5) is 0 Å². The van der Waals surface area contributed by atoms with Gasteiger partial charge in [0.25, 0.3) is 16.8 Å². The van der Waals surface area contributed by atoms with E-state index in [9.17, 15) is 10.1 Å². The van der Waals surface area contributed by atoms with E-state index in [0.717, 1.165) is 18.1 Å². The fourth-order valence-electron chi connectivity index (χ4n) is 3.54. The first-order valence-corrected chi connectivity index (χ1v) is 10.6. The first kappa shape index (κ1) is 24.5. The normalized spacial score (nSPS) is 21.9. The quantitative estimate of drug-likeness (QED) is 0.323. The Kier molecular flexibility index (Phi) is 7.49. The lowest BCUT2D eigenvalue weighted by Crippen LogP contribution is -2.48. The van der Waals surface area contributed by atoms with Gasteiger partial charge in [-0.05, 0) is 54.9 Å². The summed E-state index contributed by atoms with van der Waals surface area (Å²) in [7, 11) is 0. The van der Waals surface area contributed by atoms with Crippen LogP contribution in [0.15, 0.2) is 0 Å². The first-order chi connectivity index (χ1) is 13.7. The molecule has 0 spiro atoms. The zero-order chi connectivity index (χ0) is 22.7. The minimum Gasteiger partial charge on any atom is -0.473 e. The fraction of sp³-hybridized carbons (Fsp3) is 0.889. The number of aromatic nitrogens is 2. The predicted molar refractivity (Wildman–Crippen MR) is 112 cm³/mol. The minimum absolute atomic E-state index is 0.0751. The lowest BCUT2D eigenvalue weighted by atomic mass is 9.88. The molecule has 12 heteroatoms. The molecule has 1 fully saturated rings. The SMILES string of the molecule is CC(C)(C)NC[C@@H](COc1nsnc1OCC1CC(C)(C)N([OH2+])C1(C)C)O[N+](=O)[O-]. The third kappa shape index (κ3) is 6.37. The second-order valence-corrected chi connectivity index (χ2v) is 10.3. The second kappa shape index (κ2) is 9.16. The highest BCUT2D eigenvalue weighted by Crippen LogP contribution is 2.43. The Morgan fingerprint density at radius 2 is 1.90 bits per heavy atom. The number of nitrogens with zero attached hydrogens (tertiary/aromatic N) is 4. The van der Waals surface area contributed by atoms with Gasteiger partial charge in [-0.3, -0.25) is 0 Å². The van der Waals surface area contributed by atoms with E-state index >= 15 is 0 Å². The van der Waals surface area contributed by atoms with Crippen LogP contribution in [0.3, 0.4) is 0 Å². The molecular weight excluding hydrogens is 414 g/mol. The average molecular weight is 449 g/mol. The number of nitrogens with one attached hydrogen (secondary N) is 1. The standard InChI is InChI=1S/C18H33N5O6S/c1-16(2,3)19-9-13(29-23(25)26)11-28-15-14(20-30-21-15)27-10-12-8-17(4,5)22(24)18(12,6)7/h12-13,19,24H,8-11H2,1-7H3/p+1/t12?,13-/m0/s1. The third-order valence-electron chi connectivity index (χ3n) is 5.28. The maximum Gasteiger partial charge on any atom is 0.294 e. The maximum atomic E-state index is 10.8. The van der Waals surface area contributed by atoms with E-state index in [1.54, 1.807) is 5.06 Å². The Bertz CT molecular complexity index is 720. The van der Waals surface area contributed by atoms with E-state index in [0.29, 0.717) is 6.61 Å². The summed E-state index contributed by atoms with van der Waals surface area (Å²) in [4.78, 5) is 15.5. The Labute approximate surface area is 181 Å². The summed E-state index contributed by atoms with van der Waals surface area (Å²) in [6.07, 6.45) is 0.00861. The zero-order valence-electron chi connectivity index (χ0n) is 18.7. The maximum absolute atomic E-state index is 10.8. The van der Waals surface area contributed by atoms with Crippen LogP contribution in [-0.2, 0) is 4.84 Å². The zero-order valence-corrected chi connectivity index (χ0v) is 19.5. The van der Waals surface area contributed by atoms with Gasteiger partial charge in [0.2, 0.25) is 0 Å². The number of hydroxylamine groups is 2. The molecule has 1 unspecified atom stereocenters. The number of hydrogen-bond donors (Lipinski definition) is 1. The lowest BCUT2D eigenvalue weighted by molar-refractivity contribution is -0.768. The van der Waals surface area contributed by atoms with Crippen molar-refractivity contribution >= 4 is 11.7 Å². The predicted octanol–water partition coefficient (Wildman–Crippen LogP) is 1.78. The smallest absolute Gasteiger partial charge is 0.294 e. The van der Waals surface area contributed by atoms with Crippen LogP contribution in [0.2, 0.25) is 0 Å². The van der Waals surface area contributed by atoms with Gasteiger partial charge in [-0.2, -0.15) is 0 Å². The summed E-state index contributed by atoms with van der Waals surface area (Å²) >= 11 is 0.944. The molecule has 1 aliphatic rings. The van der Waals surface area contributed by atoms with Gasteiger partial charge in [0.15, 0.2) is 6.10 Å². The monoisotopic (exact) mass is 448 g/mol. The van der Waals surface area contributed by atoms with E-state index in [1.807, 2.05) is 48.5 Å². The molecule has 2 rings (SSSR count). The van der Waals surface area contributed by atoms with E-state index in [2.05, 4.69) is 14.1 Å². The van der Waals surface area contributed by atoms with Crippen LogP contribution in [0.25, 0.3) is 0 Å². The van der Waals surface area contributed by atoms with Crippen molar-refractivity contribution < 1.29 is 24.6 Å². The van der Waals surface area contributed by atoms with E-state index in [4.69, 9.17) is 19.5 Å². The van der Waals surface area contributed by atoms with Gasteiger partial charge in [0, 0.05) is 18.0 Å². The largest absolute Gasteiger partial charge is 0.473 e. The van der Waals surface area contributed by atoms with Crippen LogP contribution in [0, 0.1) is 16.0 Å². The Hall–Kier alpha value is -1.76. The molecule has 11 nitrogen and oxygen atoms in total. The molecule has 0 amide bonds. The van der Waals surface area contributed by atoms with Gasteiger partial charge in [-0.1, -0.05) is 5.06 Å². The van der Waals surface area contributed by atoms with Crippen molar-refractivity contribution in [3.63, 3.8) is 0 Å². The highest BCUT2D eigenvalue weighted by Gasteiger charge is 2.55. The molecule has 2 atom stereocenters. The summed E-state index contributed by atoms with van der Waals surface area (Å²) in [5.74, 6) is 0.562. The summed E-state index contributed by atoms with van der Waals surface area (Å²) in [5, 5.41) is 23.1. The summed E-state index contributed by atoms with van der Waals surface area (Å²) < 4.78 is 19.7. The minimum atomic E-state index is -0.828. The highest BCUT2D eigenvalue weighted by molar-refractivity contribution is 6.99. The number of ether oxygens (including phenoxy) is 2. The van der Waals surface area contributed by atoms with Crippen molar-refractivity contribution in [2.24, 2.45) is 5.92 Å². The molecule has 1 aliphatic heterocycles. The summed E-state index contributed by atoms with van der Waals surface area (Å²) in [5.41, 5.74) is -0.816. The van der Waals surface area contributed by atoms with Gasteiger partial charge < -0.3 is 24.8 Å². The lowest BCUT2D eigenvalue weighted by Gasteiger charge is -2.31. The van der Waals surface area contributed by atoms with Gasteiger partial charge in [0.1, 0.15) is 6.61 Å². The molecule has 30 heavy (non-hydrogen) atoms. The molecule has 0 bridgehead atoms. The van der Waals surface area contributed by atoms with Gasteiger partial charge in [-0.15, -0.1) is 18.9 Å². The Morgan fingerprint density at radius 1 is 1.30 bits per heavy atom. The molecule has 1 saturated heterocycles. The molecule has 1 aromatic rings. The topological polar surface area (TPSA) is 135 Å². The second-order valence-electron chi connectivity index (χ2n) is 9.78. The summed E-state index contributed by atoms with van der Waals surface area (Å²) in [6, 6.07) is 0. The summed E-state index contributed by atoms with van der Waals surface area (Å²) in [6.45, 7) is 14.5. The molecule has 2 heterocycles. The van der Waals surface area contributed by atoms with E-state index in [-0.39, 0.29) is 47.4 Å². The average Bonchev–Trinajstić information content (AvgIpc) is 3.11. The first-order valence-electron chi connectivity index (χ1n) is 9.88. The molecule has 1 aromatic heterocycles. The highest BCUT2D eigenvalue weighted by atomic mass is 32.1. The van der Waals surface area contributed by atoms with Crippen LogP contribution in [0.5, 0.6) is 11.8 Å². The van der Waals surface area contributed by atoms with Gasteiger partial charge in [-0.25, -0.2) is 0 Å². The van der Waals surface area contributed by atoms with Crippen molar-refractivity contribution in [1.82, 2.24) is 19.1 Å². The van der Waals surface area contributed by atoms with Crippen LogP contribution in [0.1, 0.15) is 54.9 Å². The van der Waals surface area contributed by atoms with Crippen LogP contribution < -0.4 is 14.8 Å². The molecule has 0 radical (unpaired) electrons. The van der Waals surface area contributed by atoms with Crippen LogP contribution >= 0.6 is 11.7 Å². The van der Waals surface area contributed by atoms with E-state index < -0.39 is 11.2 Å². The fourth-order valence-corrected chi connectivity index (χ4v) is 3.99. The molecule has 0 saturated carbocycles. The van der Waals surface area contributed by atoms with Crippen molar-refractivity contribution in [3.8, 4) is 11.8 Å². The molecule has 172 valence electrons. The number of rotatable bonds is 10. The Morgan fingerprint density at radius 3 is 2.40 bits per heavy atom. The molecule has 0 aliphatic carbocycles. The van der Waals surface area contributed by atoms with Gasteiger partial charge >= 0.3 is 0 Å². The van der Waals surface area contributed by atoms with Crippen LogP contribution in [-0.4, -0.2) is 66.6 Å². The van der Waals surface area contributed by atoms with E-state index in [1.165, 1.54) is 0 Å². The number of hydrogen-bond acceptors (Lipinski definition) is 10. The van der Waals surface area contributed by atoms with Crippen molar-refractivity contribution in [2.45, 2.75) is 77.6 Å². The van der Waals surface area contributed by atoms with Crippen molar-refractivity contribution in [1.29, 1.82) is 0 Å². The van der Waals surface area contributed by atoms with Crippen molar-refractivity contribution in [3.05, 3.63) is 10.1 Å². The molecule has 0 aromatic carbocycles.